The smallest absolute Gasteiger partial charge is 0.0881 e. The van der Waals surface area contributed by atoms with Crippen LogP contribution in [-0.4, -0.2) is 27.3 Å². The molecule has 0 heterocycles. The van der Waals surface area contributed by atoms with E-state index in [2.05, 4.69) is 0 Å². The molecule has 3 unspecified atom stereocenters. The lowest BCUT2D eigenvalue weighted by atomic mass is 10.1. The third-order valence-corrected chi connectivity index (χ3v) is 3.92. The first-order valence-electron chi connectivity index (χ1n) is 5.34. The van der Waals surface area contributed by atoms with Crippen LogP contribution in [0, 0.1) is 0 Å². The van der Waals surface area contributed by atoms with E-state index in [1.807, 2.05) is 19.1 Å². The van der Waals surface area contributed by atoms with Crippen molar-refractivity contribution in [3.63, 3.8) is 0 Å². The van der Waals surface area contributed by atoms with E-state index in [9.17, 15) is 10.2 Å². The van der Waals surface area contributed by atoms with Gasteiger partial charge in [-0.25, -0.2) is 0 Å². The van der Waals surface area contributed by atoms with Gasteiger partial charge in [-0.3, -0.25) is 0 Å². The molecule has 1 aromatic rings. The standard InChI is InChI=1S/C12H19NO2S/c1-8(14)9(2)16-7-12(15)10-4-3-5-11(13)6-10/h3-6,8-9,12,14-15H,7,13H2,1-2H3. The van der Waals surface area contributed by atoms with Crippen LogP contribution in [0.2, 0.25) is 0 Å². The number of nitrogen functional groups attached to an aromatic ring is 1. The van der Waals surface area contributed by atoms with Gasteiger partial charge in [0.2, 0.25) is 0 Å². The van der Waals surface area contributed by atoms with Gasteiger partial charge in [-0.2, -0.15) is 11.8 Å². The summed E-state index contributed by atoms with van der Waals surface area (Å²) in [6.07, 6.45) is -0.896. The van der Waals surface area contributed by atoms with E-state index in [-0.39, 0.29) is 11.4 Å². The first kappa shape index (κ1) is 13.4. The molecule has 0 aromatic heterocycles. The Bertz CT molecular complexity index is 331. The predicted molar refractivity (Wildman–Crippen MR) is 69.4 cm³/mol. The maximum Gasteiger partial charge on any atom is 0.0881 e. The molecule has 0 aliphatic rings. The van der Waals surface area contributed by atoms with Crippen LogP contribution in [0.4, 0.5) is 5.69 Å². The largest absolute Gasteiger partial charge is 0.399 e. The first-order valence-corrected chi connectivity index (χ1v) is 6.38. The monoisotopic (exact) mass is 241 g/mol. The summed E-state index contributed by atoms with van der Waals surface area (Å²) in [5, 5.41) is 19.4. The number of anilines is 1. The summed E-state index contributed by atoms with van der Waals surface area (Å²) in [5.41, 5.74) is 7.12. The summed E-state index contributed by atoms with van der Waals surface area (Å²) in [4.78, 5) is 0. The Hall–Kier alpha value is -0.710. The molecule has 90 valence electrons. The molecule has 0 spiro atoms. The number of thioether (sulfide) groups is 1. The summed E-state index contributed by atoms with van der Waals surface area (Å²) >= 11 is 1.55. The van der Waals surface area contributed by atoms with Crippen molar-refractivity contribution in [2.45, 2.75) is 31.3 Å². The first-order chi connectivity index (χ1) is 7.50. The maximum absolute atomic E-state index is 9.92. The van der Waals surface area contributed by atoms with E-state index in [1.165, 1.54) is 0 Å². The Labute approximate surface area is 101 Å². The fourth-order valence-corrected chi connectivity index (χ4v) is 2.20. The van der Waals surface area contributed by atoms with Crippen LogP contribution in [0.5, 0.6) is 0 Å². The van der Waals surface area contributed by atoms with Crippen molar-refractivity contribution in [3.8, 4) is 0 Å². The van der Waals surface area contributed by atoms with Gasteiger partial charge < -0.3 is 15.9 Å². The molecule has 4 N–H and O–H groups in total. The molecule has 16 heavy (non-hydrogen) atoms. The molecule has 0 amide bonds. The summed E-state index contributed by atoms with van der Waals surface area (Å²) in [6.45, 7) is 3.70. The number of aliphatic hydroxyl groups excluding tert-OH is 2. The predicted octanol–water partition coefficient (Wildman–Crippen LogP) is 1.80. The Kier molecular flexibility index (Phi) is 5.12. The minimum absolute atomic E-state index is 0.121. The van der Waals surface area contributed by atoms with Crippen molar-refractivity contribution < 1.29 is 10.2 Å². The second-order valence-electron chi connectivity index (χ2n) is 3.96. The van der Waals surface area contributed by atoms with Gasteiger partial charge in [0.1, 0.15) is 0 Å². The average Bonchev–Trinajstić information content (AvgIpc) is 2.25. The van der Waals surface area contributed by atoms with E-state index < -0.39 is 6.10 Å². The minimum Gasteiger partial charge on any atom is -0.399 e. The molecule has 1 aromatic carbocycles. The van der Waals surface area contributed by atoms with Crippen LogP contribution in [0.15, 0.2) is 24.3 Å². The molecule has 3 atom stereocenters. The highest BCUT2D eigenvalue weighted by molar-refractivity contribution is 7.99. The van der Waals surface area contributed by atoms with Crippen LogP contribution in [0.1, 0.15) is 25.5 Å². The number of aliphatic hydroxyl groups is 2. The molecular weight excluding hydrogens is 222 g/mol. The van der Waals surface area contributed by atoms with Gasteiger partial charge >= 0.3 is 0 Å². The molecule has 0 radical (unpaired) electrons. The lowest BCUT2D eigenvalue weighted by Gasteiger charge is -2.17. The van der Waals surface area contributed by atoms with E-state index in [0.717, 1.165) is 5.56 Å². The zero-order valence-electron chi connectivity index (χ0n) is 9.63. The van der Waals surface area contributed by atoms with Gasteiger partial charge in [0.15, 0.2) is 0 Å². The Morgan fingerprint density at radius 1 is 1.31 bits per heavy atom. The van der Waals surface area contributed by atoms with Crippen molar-refractivity contribution in [1.29, 1.82) is 0 Å². The number of hydrogen-bond acceptors (Lipinski definition) is 4. The van der Waals surface area contributed by atoms with Gasteiger partial charge in [-0.15, -0.1) is 0 Å². The fourth-order valence-electron chi connectivity index (χ4n) is 1.24. The second kappa shape index (κ2) is 6.13. The lowest BCUT2D eigenvalue weighted by Crippen LogP contribution is -2.17. The van der Waals surface area contributed by atoms with Crippen LogP contribution in [0.3, 0.4) is 0 Å². The molecule has 4 heteroatoms. The van der Waals surface area contributed by atoms with Crippen molar-refractivity contribution in [1.82, 2.24) is 0 Å². The van der Waals surface area contributed by atoms with E-state index in [4.69, 9.17) is 5.73 Å². The molecule has 1 rings (SSSR count). The van der Waals surface area contributed by atoms with Gasteiger partial charge in [-0.1, -0.05) is 19.1 Å². The molecule has 3 nitrogen and oxygen atoms in total. The highest BCUT2D eigenvalue weighted by Crippen LogP contribution is 2.23. The maximum atomic E-state index is 9.92. The van der Waals surface area contributed by atoms with Gasteiger partial charge in [0, 0.05) is 16.7 Å². The second-order valence-corrected chi connectivity index (χ2v) is 5.38. The molecule has 0 saturated heterocycles. The molecular formula is C12H19NO2S. The topological polar surface area (TPSA) is 66.5 Å². The highest BCUT2D eigenvalue weighted by atomic mass is 32.2. The number of hydrogen-bond donors (Lipinski definition) is 3. The molecule has 0 saturated carbocycles. The SMILES string of the molecule is CC(O)C(C)SCC(O)c1cccc(N)c1. The summed E-state index contributed by atoms with van der Waals surface area (Å²) in [5.74, 6) is 0.565. The number of rotatable bonds is 5. The Balaban J connectivity index is 2.49. The number of nitrogens with two attached hydrogens (primary N) is 1. The van der Waals surface area contributed by atoms with E-state index in [0.29, 0.717) is 11.4 Å². The fraction of sp³-hybridized carbons (Fsp3) is 0.500. The highest BCUT2D eigenvalue weighted by Gasteiger charge is 2.13. The normalized spacial score (nSPS) is 16.8. The molecule has 0 aliphatic carbocycles. The molecule has 0 bridgehead atoms. The third-order valence-electron chi connectivity index (χ3n) is 2.49. The van der Waals surface area contributed by atoms with Crippen LogP contribution < -0.4 is 5.73 Å². The van der Waals surface area contributed by atoms with Gasteiger partial charge in [0.25, 0.3) is 0 Å². The van der Waals surface area contributed by atoms with Crippen molar-refractivity contribution in [2.75, 3.05) is 11.5 Å². The van der Waals surface area contributed by atoms with Crippen molar-refractivity contribution in [2.24, 2.45) is 0 Å². The lowest BCUT2D eigenvalue weighted by molar-refractivity contribution is 0.192. The van der Waals surface area contributed by atoms with E-state index >= 15 is 0 Å². The zero-order chi connectivity index (χ0) is 12.1. The average molecular weight is 241 g/mol. The zero-order valence-corrected chi connectivity index (χ0v) is 10.4. The minimum atomic E-state index is -0.533. The van der Waals surface area contributed by atoms with Crippen LogP contribution in [0.25, 0.3) is 0 Å². The summed E-state index contributed by atoms with van der Waals surface area (Å²) < 4.78 is 0. The van der Waals surface area contributed by atoms with Gasteiger partial charge in [0.05, 0.1) is 12.2 Å². The summed E-state index contributed by atoms with van der Waals surface area (Å²) in [7, 11) is 0. The van der Waals surface area contributed by atoms with Gasteiger partial charge in [-0.05, 0) is 24.6 Å². The summed E-state index contributed by atoms with van der Waals surface area (Å²) in [6, 6.07) is 7.26. The van der Waals surface area contributed by atoms with Crippen molar-refractivity contribution >= 4 is 17.4 Å². The third kappa shape index (κ3) is 4.04. The quantitative estimate of drug-likeness (QED) is 0.688. The van der Waals surface area contributed by atoms with E-state index in [1.54, 1.807) is 30.8 Å². The molecule has 0 aliphatic heterocycles. The Morgan fingerprint density at radius 2 is 2.00 bits per heavy atom. The number of benzene rings is 1. The van der Waals surface area contributed by atoms with Crippen LogP contribution in [-0.2, 0) is 0 Å². The van der Waals surface area contributed by atoms with Crippen LogP contribution >= 0.6 is 11.8 Å². The van der Waals surface area contributed by atoms with Crippen molar-refractivity contribution in [3.05, 3.63) is 29.8 Å². The molecule has 0 fully saturated rings. The Morgan fingerprint density at radius 3 is 2.56 bits per heavy atom.